The number of benzene rings is 1. The Labute approximate surface area is 128 Å². The van der Waals surface area contributed by atoms with Crippen LogP contribution in [-0.4, -0.2) is 18.1 Å². The topological polar surface area (TPSA) is 15.3 Å². The van der Waals surface area contributed by atoms with Gasteiger partial charge in [-0.2, -0.15) is 0 Å². The summed E-state index contributed by atoms with van der Waals surface area (Å²) in [7, 11) is 0. The van der Waals surface area contributed by atoms with Gasteiger partial charge in [0.15, 0.2) is 0 Å². The zero-order chi connectivity index (χ0) is 14.9. The summed E-state index contributed by atoms with van der Waals surface area (Å²) in [5.41, 5.74) is 2.54. The first-order chi connectivity index (χ1) is 9.26. The van der Waals surface area contributed by atoms with Gasteiger partial charge in [0, 0.05) is 35.4 Å². The van der Waals surface area contributed by atoms with Gasteiger partial charge in [0.1, 0.15) is 0 Å². The van der Waals surface area contributed by atoms with Crippen molar-refractivity contribution in [1.29, 1.82) is 0 Å². The molecule has 0 aliphatic carbocycles. The quantitative estimate of drug-likeness (QED) is 0.885. The van der Waals surface area contributed by atoms with Gasteiger partial charge in [-0.15, -0.1) is 0 Å². The Kier molecular flexibility index (Phi) is 4.66. The lowest BCUT2D eigenvalue weighted by atomic mass is 10.1. The number of halogens is 1. The van der Waals surface area contributed by atoms with Crippen molar-refractivity contribution in [3.8, 4) is 0 Å². The average molecular weight is 295 g/mol. The minimum absolute atomic E-state index is 0.112. The van der Waals surface area contributed by atoms with E-state index in [-0.39, 0.29) is 5.54 Å². The van der Waals surface area contributed by atoms with E-state index in [1.807, 2.05) is 0 Å². The monoisotopic (exact) mass is 294 g/mol. The van der Waals surface area contributed by atoms with Gasteiger partial charge in [-0.1, -0.05) is 24.6 Å². The molecule has 3 heteroatoms. The highest BCUT2D eigenvalue weighted by atomic mass is 35.5. The molecule has 0 radical (unpaired) electrons. The molecule has 0 aromatic heterocycles. The van der Waals surface area contributed by atoms with Gasteiger partial charge < -0.3 is 10.2 Å². The second-order valence-electron chi connectivity index (χ2n) is 7.22. The first kappa shape index (κ1) is 15.7. The lowest BCUT2D eigenvalue weighted by Crippen LogP contribution is -2.35. The van der Waals surface area contributed by atoms with Crippen LogP contribution in [0.4, 0.5) is 5.69 Å². The van der Waals surface area contributed by atoms with Crippen molar-refractivity contribution in [2.24, 2.45) is 5.92 Å². The van der Waals surface area contributed by atoms with Gasteiger partial charge in [0.25, 0.3) is 0 Å². The van der Waals surface area contributed by atoms with Crippen LogP contribution in [0.5, 0.6) is 0 Å². The number of nitrogens with zero attached hydrogens (tertiary/aromatic N) is 1. The van der Waals surface area contributed by atoms with Gasteiger partial charge in [-0.25, -0.2) is 0 Å². The summed E-state index contributed by atoms with van der Waals surface area (Å²) in [6, 6.07) is 7.10. The van der Waals surface area contributed by atoms with Gasteiger partial charge >= 0.3 is 0 Å². The second kappa shape index (κ2) is 5.95. The number of hydrogen-bond donors (Lipinski definition) is 1. The molecule has 0 amide bonds. The lowest BCUT2D eigenvalue weighted by molar-refractivity contribution is 0.424. The Morgan fingerprint density at radius 1 is 1.30 bits per heavy atom. The molecule has 1 aliphatic heterocycles. The third kappa shape index (κ3) is 3.89. The van der Waals surface area contributed by atoms with E-state index in [9.17, 15) is 0 Å². The number of anilines is 1. The Balaban J connectivity index is 2.10. The van der Waals surface area contributed by atoms with E-state index in [2.05, 4.69) is 63.0 Å². The molecule has 1 N–H and O–H groups in total. The predicted molar refractivity (Wildman–Crippen MR) is 88.6 cm³/mol. The van der Waals surface area contributed by atoms with Crippen molar-refractivity contribution < 1.29 is 0 Å². The molecule has 1 saturated heterocycles. The molecule has 112 valence electrons. The minimum atomic E-state index is 0.112. The third-order valence-electron chi connectivity index (χ3n) is 3.96. The first-order valence-corrected chi connectivity index (χ1v) is 7.94. The maximum absolute atomic E-state index is 6.45. The molecule has 1 heterocycles. The summed E-state index contributed by atoms with van der Waals surface area (Å²) in [6.45, 7) is 13.1. The zero-order valence-electron chi connectivity index (χ0n) is 13.3. The Morgan fingerprint density at radius 3 is 2.50 bits per heavy atom. The van der Waals surface area contributed by atoms with Gasteiger partial charge in [0.05, 0.1) is 0 Å². The number of nitrogens with one attached hydrogen (secondary N) is 1. The lowest BCUT2D eigenvalue weighted by Gasteiger charge is -2.25. The van der Waals surface area contributed by atoms with E-state index in [1.165, 1.54) is 17.7 Å². The highest BCUT2D eigenvalue weighted by Gasteiger charge is 2.26. The molecule has 0 spiro atoms. The summed E-state index contributed by atoms with van der Waals surface area (Å²) in [5.74, 6) is 0.769. The molecule has 20 heavy (non-hydrogen) atoms. The maximum atomic E-state index is 6.45. The molecule has 2 rings (SSSR count). The van der Waals surface area contributed by atoms with Crippen molar-refractivity contribution in [3.05, 3.63) is 28.8 Å². The Bertz CT molecular complexity index is 465. The van der Waals surface area contributed by atoms with Crippen molar-refractivity contribution in [3.63, 3.8) is 0 Å². The van der Waals surface area contributed by atoms with Crippen LogP contribution in [0.3, 0.4) is 0 Å². The smallest absolute Gasteiger partial charge is 0.0471 e. The fourth-order valence-corrected chi connectivity index (χ4v) is 3.12. The van der Waals surface area contributed by atoms with Crippen LogP contribution in [0.2, 0.25) is 5.02 Å². The third-order valence-corrected chi connectivity index (χ3v) is 4.31. The van der Waals surface area contributed by atoms with Crippen molar-refractivity contribution in [2.75, 3.05) is 11.4 Å². The zero-order valence-corrected chi connectivity index (χ0v) is 14.1. The Morgan fingerprint density at radius 2 is 2.00 bits per heavy atom. The van der Waals surface area contributed by atoms with Crippen molar-refractivity contribution >= 4 is 17.3 Å². The predicted octanol–water partition coefficient (Wildman–Crippen LogP) is 4.46. The summed E-state index contributed by atoms with van der Waals surface area (Å²) in [6.07, 6.45) is 1.27. The minimum Gasteiger partial charge on any atom is -0.369 e. The SMILES string of the molecule is CC1CC(C)N(c2ccc(CNC(C)(C)C)c(Cl)c2)C1. The van der Waals surface area contributed by atoms with Crippen molar-refractivity contribution in [1.82, 2.24) is 5.32 Å². The standard InChI is InChI=1S/C17H27ClN2/c1-12-8-13(2)20(11-12)15-7-6-14(16(18)9-15)10-19-17(3,4)5/h6-7,9,12-13,19H,8,10-11H2,1-5H3. The molecule has 1 aromatic rings. The first-order valence-electron chi connectivity index (χ1n) is 7.56. The molecule has 1 fully saturated rings. The molecule has 1 aromatic carbocycles. The van der Waals surface area contributed by atoms with E-state index in [0.29, 0.717) is 6.04 Å². The van der Waals surface area contributed by atoms with Gasteiger partial charge in [-0.3, -0.25) is 0 Å². The Hall–Kier alpha value is -0.730. The number of hydrogen-bond acceptors (Lipinski definition) is 2. The van der Waals surface area contributed by atoms with Crippen LogP contribution in [0.25, 0.3) is 0 Å². The highest BCUT2D eigenvalue weighted by molar-refractivity contribution is 6.31. The van der Waals surface area contributed by atoms with Crippen molar-refractivity contribution in [2.45, 2.75) is 59.2 Å². The average Bonchev–Trinajstić information content (AvgIpc) is 2.65. The highest BCUT2D eigenvalue weighted by Crippen LogP contribution is 2.31. The van der Waals surface area contributed by atoms with Gasteiger partial charge in [-0.05, 0) is 57.7 Å². The molecule has 2 atom stereocenters. The molecular formula is C17H27ClN2. The molecule has 0 bridgehead atoms. The largest absolute Gasteiger partial charge is 0.369 e. The van der Waals surface area contributed by atoms with E-state index < -0.39 is 0 Å². The fraction of sp³-hybridized carbons (Fsp3) is 0.647. The van der Waals surface area contributed by atoms with E-state index in [4.69, 9.17) is 11.6 Å². The fourth-order valence-electron chi connectivity index (χ4n) is 2.88. The van der Waals surface area contributed by atoms with E-state index in [1.54, 1.807) is 0 Å². The molecule has 1 aliphatic rings. The maximum Gasteiger partial charge on any atom is 0.0471 e. The summed E-state index contributed by atoms with van der Waals surface area (Å²) < 4.78 is 0. The summed E-state index contributed by atoms with van der Waals surface area (Å²) >= 11 is 6.45. The van der Waals surface area contributed by atoms with E-state index in [0.717, 1.165) is 24.0 Å². The summed E-state index contributed by atoms with van der Waals surface area (Å²) in [5, 5.41) is 4.35. The molecule has 2 unspecified atom stereocenters. The van der Waals surface area contributed by atoms with Crippen LogP contribution in [0.1, 0.15) is 46.6 Å². The van der Waals surface area contributed by atoms with E-state index >= 15 is 0 Å². The normalized spacial score (nSPS) is 23.4. The molecule has 2 nitrogen and oxygen atoms in total. The molecular weight excluding hydrogens is 268 g/mol. The van der Waals surface area contributed by atoms with Crippen LogP contribution in [0, 0.1) is 5.92 Å². The van der Waals surface area contributed by atoms with Gasteiger partial charge in [0.2, 0.25) is 0 Å². The summed E-state index contributed by atoms with van der Waals surface area (Å²) in [4.78, 5) is 2.47. The number of rotatable bonds is 3. The van der Waals surface area contributed by atoms with Crippen LogP contribution in [0.15, 0.2) is 18.2 Å². The second-order valence-corrected chi connectivity index (χ2v) is 7.63. The van der Waals surface area contributed by atoms with Crippen LogP contribution in [-0.2, 0) is 6.54 Å². The van der Waals surface area contributed by atoms with Crippen LogP contribution < -0.4 is 10.2 Å². The van der Waals surface area contributed by atoms with Crippen LogP contribution >= 0.6 is 11.6 Å². The molecule has 0 saturated carbocycles.